The minimum atomic E-state index is -1.05. The highest BCUT2D eigenvalue weighted by Gasteiger charge is 2.23. The fourth-order valence-corrected chi connectivity index (χ4v) is 2.74. The quantitative estimate of drug-likeness (QED) is 0.496. The Morgan fingerprint density at radius 3 is 2.67 bits per heavy atom. The van der Waals surface area contributed by atoms with Gasteiger partial charge in [-0.1, -0.05) is 18.7 Å². The first kappa shape index (κ1) is 18.5. The number of aliphatic hydroxyl groups is 1. The van der Waals surface area contributed by atoms with Crippen LogP contribution in [-0.2, 0) is 4.79 Å². The molecule has 1 aliphatic heterocycles. The van der Waals surface area contributed by atoms with Gasteiger partial charge >= 0.3 is 5.97 Å². The maximum atomic E-state index is 11.9. The van der Waals surface area contributed by atoms with E-state index in [0.717, 1.165) is 16.9 Å². The number of ether oxygens (including phenoxy) is 3. The maximum Gasteiger partial charge on any atom is 0.338 e. The van der Waals surface area contributed by atoms with E-state index >= 15 is 0 Å². The Morgan fingerprint density at radius 1 is 1.22 bits per heavy atom. The van der Waals surface area contributed by atoms with E-state index in [9.17, 15) is 9.90 Å². The van der Waals surface area contributed by atoms with Gasteiger partial charge in [0.1, 0.15) is 5.75 Å². The van der Waals surface area contributed by atoms with Crippen molar-refractivity contribution in [2.75, 3.05) is 19.1 Å². The Hall–Kier alpha value is -3.25. The lowest BCUT2D eigenvalue weighted by atomic mass is 10.1. The van der Waals surface area contributed by atoms with Crippen molar-refractivity contribution in [2.45, 2.75) is 13.2 Å². The lowest BCUT2D eigenvalue weighted by Crippen LogP contribution is -2.25. The lowest BCUT2D eigenvalue weighted by Gasteiger charge is -2.29. The Balaban J connectivity index is 1.98. The molecule has 1 aliphatic rings. The lowest BCUT2D eigenvalue weighted by molar-refractivity contribution is -0.130. The van der Waals surface area contributed by atoms with E-state index in [1.807, 2.05) is 36.2 Å². The van der Waals surface area contributed by atoms with E-state index in [4.69, 9.17) is 14.2 Å². The summed E-state index contributed by atoms with van der Waals surface area (Å²) in [5.41, 5.74) is 2.66. The molecule has 1 heterocycles. The fourth-order valence-electron chi connectivity index (χ4n) is 2.74. The van der Waals surface area contributed by atoms with Crippen LogP contribution in [0.15, 0.2) is 60.7 Å². The number of methoxy groups -OCH3 is 1. The summed E-state index contributed by atoms with van der Waals surface area (Å²) in [4.78, 5) is 13.8. The largest absolute Gasteiger partial charge is 0.493 e. The Labute approximate surface area is 157 Å². The van der Waals surface area contributed by atoms with Crippen LogP contribution in [0.4, 0.5) is 5.69 Å². The summed E-state index contributed by atoms with van der Waals surface area (Å²) in [7, 11) is 3.36. The number of nitrogens with zero attached hydrogens (tertiary/aromatic N) is 1. The zero-order chi connectivity index (χ0) is 19.6. The number of rotatable bonds is 5. The number of hydrogen-bond acceptors (Lipinski definition) is 6. The normalized spacial score (nSPS) is 15.1. The van der Waals surface area contributed by atoms with Crippen LogP contribution in [-0.4, -0.2) is 31.5 Å². The second-order valence-electron chi connectivity index (χ2n) is 6.12. The molecule has 2 aromatic carbocycles. The molecule has 140 valence electrons. The molecule has 0 aromatic heterocycles. The first-order valence-corrected chi connectivity index (χ1v) is 8.36. The number of anilines is 1. The zero-order valence-corrected chi connectivity index (χ0v) is 15.4. The van der Waals surface area contributed by atoms with Crippen LogP contribution in [0, 0.1) is 0 Å². The van der Waals surface area contributed by atoms with E-state index in [-0.39, 0.29) is 5.75 Å². The molecule has 27 heavy (non-hydrogen) atoms. The fraction of sp³-hybridized carbons (Fsp3) is 0.190. The number of aliphatic hydroxyl groups excluding tert-OH is 1. The number of carbonyl (C=O) groups excluding carboxylic acids is 1. The molecule has 3 rings (SSSR count). The Bertz CT molecular complexity index is 919. The van der Waals surface area contributed by atoms with Gasteiger partial charge in [-0.2, -0.15) is 0 Å². The van der Waals surface area contributed by atoms with Gasteiger partial charge in [-0.05, 0) is 31.2 Å². The van der Waals surface area contributed by atoms with Gasteiger partial charge in [0.2, 0.25) is 6.29 Å². The molecule has 0 radical (unpaired) electrons. The topological polar surface area (TPSA) is 68.2 Å². The summed E-state index contributed by atoms with van der Waals surface area (Å²) in [5, 5.41) is 10.0. The van der Waals surface area contributed by atoms with Gasteiger partial charge in [0, 0.05) is 36.0 Å². The van der Waals surface area contributed by atoms with Crippen molar-refractivity contribution in [3.05, 3.63) is 66.3 Å². The second kappa shape index (κ2) is 7.55. The number of fused-ring (bicyclic) bond motifs is 1. The van der Waals surface area contributed by atoms with E-state index in [2.05, 4.69) is 6.58 Å². The molecule has 0 fully saturated rings. The van der Waals surface area contributed by atoms with E-state index < -0.39 is 12.3 Å². The highest BCUT2D eigenvalue weighted by atomic mass is 16.6. The molecule has 0 bridgehead atoms. The van der Waals surface area contributed by atoms with Gasteiger partial charge in [0.25, 0.3) is 0 Å². The van der Waals surface area contributed by atoms with Crippen molar-refractivity contribution in [2.24, 2.45) is 0 Å². The summed E-state index contributed by atoms with van der Waals surface area (Å²) < 4.78 is 16.1. The molecule has 0 saturated carbocycles. The molecular formula is C21H21NO5. The molecule has 0 saturated heterocycles. The standard InChI is InChI=1S/C21H21NO5/c1-13(2)21(24)27-19-11-14(9-10-18(19)25-4)22(3)16-12-20(23)26-17-8-6-5-7-15(16)17/h5-12,20,23H,1H2,2-4H3. The van der Waals surface area contributed by atoms with E-state index in [1.54, 1.807) is 31.2 Å². The average molecular weight is 367 g/mol. The predicted molar refractivity (Wildman–Crippen MR) is 103 cm³/mol. The molecule has 0 spiro atoms. The van der Waals surface area contributed by atoms with Crippen molar-refractivity contribution in [1.29, 1.82) is 0 Å². The highest BCUT2D eigenvalue weighted by molar-refractivity contribution is 5.89. The van der Waals surface area contributed by atoms with Crippen LogP contribution < -0.4 is 19.1 Å². The Kier molecular flexibility index (Phi) is 5.19. The smallest absolute Gasteiger partial charge is 0.338 e. The molecular weight excluding hydrogens is 346 g/mol. The van der Waals surface area contributed by atoms with Crippen molar-refractivity contribution < 1.29 is 24.1 Å². The van der Waals surface area contributed by atoms with Crippen LogP contribution in [0.5, 0.6) is 17.2 Å². The zero-order valence-electron chi connectivity index (χ0n) is 15.4. The van der Waals surface area contributed by atoms with Crippen molar-refractivity contribution in [3.63, 3.8) is 0 Å². The second-order valence-corrected chi connectivity index (χ2v) is 6.12. The summed E-state index contributed by atoms with van der Waals surface area (Å²) in [5.74, 6) is 0.787. The van der Waals surface area contributed by atoms with Gasteiger partial charge in [0.15, 0.2) is 11.5 Å². The van der Waals surface area contributed by atoms with Crippen LogP contribution >= 0.6 is 0 Å². The van der Waals surface area contributed by atoms with Crippen LogP contribution in [0.2, 0.25) is 0 Å². The summed E-state index contributed by atoms with van der Waals surface area (Å²) in [6.07, 6.45) is 0.572. The summed E-state index contributed by atoms with van der Waals surface area (Å²) in [6.45, 7) is 5.17. The van der Waals surface area contributed by atoms with E-state index in [0.29, 0.717) is 17.1 Å². The number of carbonyl (C=O) groups is 1. The number of para-hydroxylation sites is 1. The number of benzene rings is 2. The van der Waals surface area contributed by atoms with Crippen LogP contribution in [0.25, 0.3) is 5.70 Å². The van der Waals surface area contributed by atoms with Crippen molar-refractivity contribution in [1.82, 2.24) is 0 Å². The molecule has 1 unspecified atom stereocenters. The van der Waals surface area contributed by atoms with Gasteiger partial charge in [-0.25, -0.2) is 4.79 Å². The monoisotopic (exact) mass is 367 g/mol. The molecule has 6 heteroatoms. The number of esters is 1. The minimum absolute atomic E-state index is 0.288. The third kappa shape index (κ3) is 3.80. The van der Waals surface area contributed by atoms with Gasteiger partial charge in [0.05, 0.1) is 12.8 Å². The van der Waals surface area contributed by atoms with Crippen molar-refractivity contribution in [3.8, 4) is 17.2 Å². The summed E-state index contributed by atoms with van der Waals surface area (Å²) >= 11 is 0. The molecule has 6 nitrogen and oxygen atoms in total. The third-order valence-corrected chi connectivity index (χ3v) is 4.16. The SMILES string of the molecule is C=C(C)C(=O)Oc1cc(N(C)C2=CC(O)Oc3ccccc32)ccc1OC. The Morgan fingerprint density at radius 2 is 1.96 bits per heavy atom. The minimum Gasteiger partial charge on any atom is -0.493 e. The average Bonchev–Trinajstić information content (AvgIpc) is 2.66. The molecule has 1 N–H and O–H groups in total. The van der Waals surface area contributed by atoms with Gasteiger partial charge in [-0.15, -0.1) is 0 Å². The first-order chi connectivity index (χ1) is 12.9. The van der Waals surface area contributed by atoms with E-state index in [1.165, 1.54) is 7.11 Å². The molecule has 1 atom stereocenters. The highest BCUT2D eigenvalue weighted by Crippen LogP contribution is 2.38. The van der Waals surface area contributed by atoms with Gasteiger partial charge < -0.3 is 24.2 Å². The molecule has 2 aromatic rings. The third-order valence-electron chi connectivity index (χ3n) is 4.16. The number of hydrogen-bond donors (Lipinski definition) is 1. The molecule has 0 aliphatic carbocycles. The maximum absolute atomic E-state index is 11.9. The van der Waals surface area contributed by atoms with Crippen molar-refractivity contribution >= 4 is 17.4 Å². The first-order valence-electron chi connectivity index (χ1n) is 8.36. The summed E-state index contributed by atoms with van der Waals surface area (Å²) in [6, 6.07) is 12.7. The van der Waals surface area contributed by atoms with Crippen LogP contribution in [0.1, 0.15) is 12.5 Å². The molecule has 0 amide bonds. The predicted octanol–water partition coefficient (Wildman–Crippen LogP) is 3.36. The van der Waals surface area contributed by atoms with Gasteiger partial charge in [-0.3, -0.25) is 0 Å². The van der Waals surface area contributed by atoms with Crippen LogP contribution in [0.3, 0.4) is 0 Å².